The lowest BCUT2D eigenvalue weighted by Crippen LogP contribution is -2.12. The van der Waals surface area contributed by atoms with Crippen molar-refractivity contribution in [1.29, 1.82) is 0 Å². The highest BCUT2D eigenvalue weighted by molar-refractivity contribution is 5.93. The lowest BCUT2D eigenvalue weighted by atomic mass is 10.0. The molecular formula is C34H42O6. The molecule has 0 spiro atoms. The van der Waals surface area contributed by atoms with Gasteiger partial charge in [-0.1, -0.05) is 83.6 Å². The second kappa shape index (κ2) is 16.3. The van der Waals surface area contributed by atoms with Crippen molar-refractivity contribution >= 4 is 11.9 Å². The Morgan fingerprint density at radius 2 is 1.35 bits per heavy atom. The molecule has 214 valence electrons. The third-order valence-corrected chi connectivity index (χ3v) is 6.87. The largest absolute Gasteiger partial charge is 0.494 e. The van der Waals surface area contributed by atoms with Crippen molar-refractivity contribution < 1.29 is 28.5 Å². The fourth-order valence-electron chi connectivity index (χ4n) is 4.07. The quantitative estimate of drug-likeness (QED) is 0.102. The van der Waals surface area contributed by atoms with Crippen molar-refractivity contribution in [2.24, 2.45) is 5.92 Å². The Hall–Kier alpha value is -3.80. The number of ether oxygens (including phenoxy) is 4. The van der Waals surface area contributed by atoms with E-state index in [4.69, 9.17) is 18.9 Å². The zero-order chi connectivity index (χ0) is 28.7. The fourth-order valence-corrected chi connectivity index (χ4v) is 4.07. The average molecular weight is 547 g/mol. The molecule has 6 nitrogen and oxygen atoms in total. The molecule has 3 aromatic rings. The summed E-state index contributed by atoms with van der Waals surface area (Å²) in [4.78, 5) is 25.2. The van der Waals surface area contributed by atoms with Crippen LogP contribution < -0.4 is 14.2 Å². The Labute approximate surface area is 238 Å². The fraction of sp³-hybridized carbons (Fsp3) is 0.412. The molecule has 0 aliphatic carbocycles. The van der Waals surface area contributed by atoms with Crippen LogP contribution in [0.4, 0.5) is 0 Å². The first-order valence-corrected chi connectivity index (χ1v) is 14.4. The number of carbonyl (C=O) groups excluding carboxylic acids is 2. The lowest BCUT2D eigenvalue weighted by molar-refractivity contribution is 0.0446. The zero-order valence-electron chi connectivity index (χ0n) is 24.2. The van der Waals surface area contributed by atoms with Gasteiger partial charge in [0.15, 0.2) is 11.5 Å². The van der Waals surface area contributed by atoms with Gasteiger partial charge in [-0.2, -0.15) is 0 Å². The van der Waals surface area contributed by atoms with Gasteiger partial charge in [0, 0.05) is 0 Å². The van der Waals surface area contributed by atoms with Crippen LogP contribution in [0, 0.1) is 5.92 Å². The summed E-state index contributed by atoms with van der Waals surface area (Å²) in [5.74, 6) is 0.694. The van der Waals surface area contributed by atoms with Crippen LogP contribution in [0.2, 0.25) is 0 Å². The van der Waals surface area contributed by atoms with Crippen LogP contribution in [0.15, 0.2) is 66.7 Å². The van der Waals surface area contributed by atoms with Crippen LogP contribution in [0.1, 0.15) is 86.4 Å². The van der Waals surface area contributed by atoms with Gasteiger partial charge >= 0.3 is 11.9 Å². The molecule has 0 N–H and O–H groups in total. The maximum absolute atomic E-state index is 12.8. The van der Waals surface area contributed by atoms with E-state index in [9.17, 15) is 9.59 Å². The van der Waals surface area contributed by atoms with Crippen molar-refractivity contribution in [3.8, 4) is 28.4 Å². The number of rotatable bonds is 16. The number of unbranched alkanes of at least 4 members (excludes halogenated alkanes) is 5. The number of hydrogen-bond donors (Lipinski definition) is 0. The molecule has 0 heterocycles. The Kier molecular flexibility index (Phi) is 12.6. The lowest BCUT2D eigenvalue weighted by Gasteiger charge is -2.12. The van der Waals surface area contributed by atoms with Gasteiger partial charge in [0.05, 0.1) is 31.5 Å². The number of esters is 2. The minimum absolute atomic E-state index is 0.228. The van der Waals surface area contributed by atoms with E-state index in [1.807, 2.05) is 50.2 Å². The minimum Gasteiger partial charge on any atom is -0.494 e. The highest BCUT2D eigenvalue weighted by atomic mass is 16.6. The molecule has 1 atom stereocenters. The summed E-state index contributed by atoms with van der Waals surface area (Å²) >= 11 is 0. The van der Waals surface area contributed by atoms with Crippen LogP contribution in [-0.2, 0) is 4.74 Å². The van der Waals surface area contributed by atoms with Crippen molar-refractivity contribution in [2.75, 3.05) is 20.3 Å². The van der Waals surface area contributed by atoms with Crippen LogP contribution in [0.5, 0.6) is 17.2 Å². The Morgan fingerprint density at radius 3 is 2.00 bits per heavy atom. The van der Waals surface area contributed by atoms with Gasteiger partial charge in [0.2, 0.25) is 0 Å². The molecule has 3 rings (SSSR count). The van der Waals surface area contributed by atoms with Crippen molar-refractivity contribution in [3.05, 3.63) is 77.9 Å². The van der Waals surface area contributed by atoms with Crippen LogP contribution in [0.3, 0.4) is 0 Å². The maximum atomic E-state index is 12.8. The molecule has 0 bridgehead atoms. The molecule has 0 radical (unpaired) electrons. The highest BCUT2D eigenvalue weighted by Gasteiger charge is 2.17. The zero-order valence-corrected chi connectivity index (χ0v) is 24.2. The first-order valence-electron chi connectivity index (χ1n) is 14.4. The van der Waals surface area contributed by atoms with E-state index < -0.39 is 11.9 Å². The summed E-state index contributed by atoms with van der Waals surface area (Å²) in [5, 5.41) is 0. The molecular weight excluding hydrogens is 504 g/mol. The van der Waals surface area contributed by atoms with Gasteiger partial charge in [0.1, 0.15) is 5.75 Å². The number of carbonyl (C=O) groups is 2. The van der Waals surface area contributed by atoms with Crippen molar-refractivity contribution in [2.45, 2.75) is 65.7 Å². The van der Waals surface area contributed by atoms with E-state index in [1.54, 1.807) is 24.3 Å². The first-order chi connectivity index (χ1) is 19.4. The monoisotopic (exact) mass is 546 g/mol. The van der Waals surface area contributed by atoms with Gasteiger partial charge in [0.25, 0.3) is 0 Å². The smallest absolute Gasteiger partial charge is 0.343 e. The Bertz CT molecular complexity index is 1200. The predicted molar refractivity (Wildman–Crippen MR) is 158 cm³/mol. The number of benzene rings is 3. The molecule has 0 aromatic heterocycles. The SMILES string of the molecule is CCCCCCCCOc1ccc(-c2ccc(C(=O)Oc3ccc(C(=O)OC[C@@H](C)CC)cc3OC)cc2)cc1. The summed E-state index contributed by atoms with van der Waals surface area (Å²) in [7, 11) is 1.46. The number of methoxy groups -OCH3 is 1. The normalized spacial score (nSPS) is 11.5. The van der Waals surface area contributed by atoms with Crippen LogP contribution in [0.25, 0.3) is 11.1 Å². The van der Waals surface area contributed by atoms with E-state index in [1.165, 1.54) is 45.3 Å². The summed E-state index contributed by atoms with van der Waals surface area (Å²) in [6, 6.07) is 19.8. The molecule has 40 heavy (non-hydrogen) atoms. The van der Waals surface area contributed by atoms with Crippen molar-refractivity contribution in [1.82, 2.24) is 0 Å². The van der Waals surface area contributed by atoms with Gasteiger partial charge in [-0.3, -0.25) is 0 Å². The Morgan fingerprint density at radius 1 is 0.725 bits per heavy atom. The highest BCUT2D eigenvalue weighted by Crippen LogP contribution is 2.30. The van der Waals surface area contributed by atoms with E-state index in [0.29, 0.717) is 17.7 Å². The van der Waals surface area contributed by atoms with Crippen LogP contribution in [-0.4, -0.2) is 32.3 Å². The third-order valence-electron chi connectivity index (χ3n) is 6.87. The predicted octanol–water partition coefficient (Wildman–Crippen LogP) is 8.52. The van der Waals surface area contributed by atoms with Gasteiger partial charge in [-0.15, -0.1) is 0 Å². The second-order valence-corrected chi connectivity index (χ2v) is 10.1. The standard InChI is InChI=1S/C34H42O6/c1-5-7-8-9-10-11-22-38-30-19-16-27(17-20-30)26-12-14-28(15-13-26)34(36)40-31-21-18-29(23-32(31)37-4)33(35)39-24-25(3)6-2/h12-21,23,25H,5-11,22,24H2,1-4H3/t25-/m0/s1. The Balaban J connectivity index is 1.54. The van der Waals surface area contributed by atoms with E-state index in [0.717, 1.165) is 36.3 Å². The third kappa shape index (κ3) is 9.44. The summed E-state index contributed by atoms with van der Waals surface area (Å²) in [6.45, 7) is 7.38. The topological polar surface area (TPSA) is 71.1 Å². The molecule has 0 unspecified atom stereocenters. The molecule has 0 aliphatic rings. The molecule has 6 heteroatoms. The molecule has 3 aromatic carbocycles. The van der Waals surface area contributed by atoms with Gasteiger partial charge < -0.3 is 18.9 Å². The summed E-state index contributed by atoms with van der Waals surface area (Å²) in [5.41, 5.74) is 2.76. The summed E-state index contributed by atoms with van der Waals surface area (Å²) < 4.78 is 22.2. The van der Waals surface area contributed by atoms with Gasteiger partial charge in [-0.25, -0.2) is 9.59 Å². The van der Waals surface area contributed by atoms with E-state index in [-0.39, 0.29) is 17.4 Å². The molecule has 0 fully saturated rings. The summed E-state index contributed by atoms with van der Waals surface area (Å²) in [6.07, 6.45) is 8.35. The minimum atomic E-state index is -0.518. The van der Waals surface area contributed by atoms with Gasteiger partial charge in [-0.05, 0) is 65.9 Å². The first kappa shape index (κ1) is 30.7. The molecule has 0 saturated carbocycles. The molecule has 0 amide bonds. The second-order valence-electron chi connectivity index (χ2n) is 10.1. The van der Waals surface area contributed by atoms with E-state index in [2.05, 4.69) is 6.92 Å². The number of hydrogen-bond acceptors (Lipinski definition) is 6. The average Bonchev–Trinajstić information content (AvgIpc) is 2.99. The van der Waals surface area contributed by atoms with Crippen molar-refractivity contribution in [3.63, 3.8) is 0 Å². The van der Waals surface area contributed by atoms with E-state index >= 15 is 0 Å². The maximum Gasteiger partial charge on any atom is 0.343 e. The molecule has 0 saturated heterocycles. The van der Waals surface area contributed by atoms with Crippen LogP contribution >= 0.6 is 0 Å². The molecule has 0 aliphatic heterocycles.